The Morgan fingerprint density at radius 2 is 2.38 bits per heavy atom. The predicted octanol–water partition coefficient (Wildman–Crippen LogP) is 3.22. The van der Waals surface area contributed by atoms with Crippen LogP contribution < -0.4 is 5.32 Å². The van der Waals surface area contributed by atoms with Gasteiger partial charge in [0.05, 0.1) is 5.69 Å². The Morgan fingerprint density at radius 1 is 1.50 bits per heavy atom. The lowest BCUT2D eigenvalue weighted by Gasteiger charge is -2.18. The molecule has 1 aliphatic rings. The molecule has 2 nitrogen and oxygen atoms in total. The molecule has 0 radical (unpaired) electrons. The fraction of sp³-hybridized carbons (Fsp3) is 0.583. The van der Waals surface area contributed by atoms with Crippen LogP contribution in [0.2, 0.25) is 0 Å². The highest BCUT2D eigenvalue weighted by molar-refractivity contribution is 9.10. The number of nitrogens with zero attached hydrogens (tertiary/aromatic N) is 1. The molecule has 4 heteroatoms. The Morgan fingerprint density at radius 3 is 3.12 bits per heavy atom. The van der Waals surface area contributed by atoms with E-state index in [1.165, 1.54) is 19.3 Å². The number of thioether (sulfide) groups is 1. The zero-order valence-corrected chi connectivity index (χ0v) is 11.9. The van der Waals surface area contributed by atoms with Crippen LogP contribution in [0.1, 0.15) is 25.0 Å². The second-order valence-corrected chi connectivity index (χ2v) is 6.03. The van der Waals surface area contributed by atoms with E-state index in [9.17, 15) is 0 Å². The van der Waals surface area contributed by atoms with E-state index in [2.05, 4.69) is 38.6 Å². The Hall–Kier alpha value is -0.0600. The summed E-state index contributed by atoms with van der Waals surface area (Å²) in [6.45, 7) is 0.876. The van der Waals surface area contributed by atoms with Crippen LogP contribution in [0, 0.1) is 0 Å². The molecule has 0 amide bonds. The Labute approximate surface area is 110 Å². The van der Waals surface area contributed by atoms with Crippen molar-refractivity contribution in [3.63, 3.8) is 0 Å². The Kier molecular flexibility index (Phi) is 4.67. The molecule has 88 valence electrons. The van der Waals surface area contributed by atoms with Crippen LogP contribution in [0.3, 0.4) is 0 Å². The summed E-state index contributed by atoms with van der Waals surface area (Å²) in [6.07, 6.45) is 6.22. The molecule has 1 fully saturated rings. The SMILES string of the molecule is CSC1CCCC1NCc1cccc(Br)n1. The van der Waals surface area contributed by atoms with Crippen LogP contribution in [0.5, 0.6) is 0 Å². The van der Waals surface area contributed by atoms with E-state index in [0.29, 0.717) is 6.04 Å². The molecule has 2 rings (SSSR count). The van der Waals surface area contributed by atoms with Gasteiger partial charge in [-0.3, -0.25) is 0 Å². The van der Waals surface area contributed by atoms with Crippen molar-refractivity contribution in [3.8, 4) is 0 Å². The van der Waals surface area contributed by atoms with Gasteiger partial charge in [-0.25, -0.2) is 4.98 Å². The minimum Gasteiger partial charge on any atom is -0.307 e. The second-order valence-electron chi connectivity index (χ2n) is 4.14. The standard InChI is InChI=1S/C12H17BrN2S/c1-16-11-6-3-5-10(11)14-8-9-4-2-7-12(13)15-9/h2,4,7,10-11,14H,3,5-6,8H2,1H3. The summed E-state index contributed by atoms with van der Waals surface area (Å²) in [5.74, 6) is 0. The number of hydrogen-bond donors (Lipinski definition) is 1. The molecule has 1 aromatic heterocycles. The zero-order valence-electron chi connectivity index (χ0n) is 9.45. The number of halogens is 1. The van der Waals surface area contributed by atoms with E-state index in [4.69, 9.17) is 0 Å². The van der Waals surface area contributed by atoms with Crippen LogP contribution in [0.15, 0.2) is 22.8 Å². The summed E-state index contributed by atoms with van der Waals surface area (Å²) >= 11 is 5.38. The molecule has 2 atom stereocenters. The van der Waals surface area contributed by atoms with Gasteiger partial charge in [0.1, 0.15) is 4.60 Å². The van der Waals surface area contributed by atoms with Gasteiger partial charge in [0, 0.05) is 17.8 Å². The van der Waals surface area contributed by atoms with E-state index in [1.54, 1.807) is 0 Å². The van der Waals surface area contributed by atoms with E-state index in [0.717, 1.165) is 22.1 Å². The van der Waals surface area contributed by atoms with E-state index < -0.39 is 0 Å². The van der Waals surface area contributed by atoms with Crippen LogP contribution in [-0.2, 0) is 6.54 Å². The summed E-state index contributed by atoms with van der Waals surface area (Å²) in [4.78, 5) is 4.43. The molecule has 0 saturated heterocycles. The molecule has 1 N–H and O–H groups in total. The highest BCUT2D eigenvalue weighted by Gasteiger charge is 2.25. The van der Waals surface area contributed by atoms with Crippen molar-refractivity contribution >= 4 is 27.7 Å². The van der Waals surface area contributed by atoms with Gasteiger partial charge in [0.15, 0.2) is 0 Å². The summed E-state index contributed by atoms with van der Waals surface area (Å²) in [5, 5.41) is 4.41. The molecular weight excluding hydrogens is 284 g/mol. The lowest BCUT2D eigenvalue weighted by Crippen LogP contribution is -2.33. The van der Waals surface area contributed by atoms with Gasteiger partial charge in [-0.1, -0.05) is 12.5 Å². The van der Waals surface area contributed by atoms with E-state index in [1.807, 2.05) is 23.9 Å². The zero-order chi connectivity index (χ0) is 11.4. The Balaban J connectivity index is 1.87. The van der Waals surface area contributed by atoms with E-state index in [-0.39, 0.29) is 0 Å². The minimum atomic E-state index is 0.663. The summed E-state index contributed by atoms with van der Waals surface area (Å²) in [5.41, 5.74) is 1.11. The number of hydrogen-bond acceptors (Lipinski definition) is 3. The quantitative estimate of drug-likeness (QED) is 0.864. The maximum Gasteiger partial charge on any atom is 0.106 e. The van der Waals surface area contributed by atoms with Crippen molar-refractivity contribution in [1.82, 2.24) is 10.3 Å². The van der Waals surface area contributed by atoms with Gasteiger partial charge in [0.25, 0.3) is 0 Å². The van der Waals surface area contributed by atoms with Crippen molar-refractivity contribution in [2.45, 2.75) is 37.1 Å². The average molecular weight is 301 g/mol. The van der Waals surface area contributed by atoms with Crippen LogP contribution in [-0.4, -0.2) is 22.5 Å². The summed E-state index contributed by atoms with van der Waals surface area (Å²) in [7, 11) is 0. The molecule has 0 aliphatic heterocycles. The van der Waals surface area contributed by atoms with Crippen molar-refractivity contribution in [1.29, 1.82) is 0 Å². The maximum absolute atomic E-state index is 4.43. The predicted molar refractivity (Wildman–Crippen MR) is 73.7 cm³/mol. The van der Waals surface area contributed by atoms with Gasteiger partial charge in [-0.15, -0.1) is 0 Å². The van der Waals surface area contributed by atoms with Crippen molar-refractivity contribution in [3.05, 3.63) is 28.5 Å². The number of rotatable bonds is 4. The highest BCUT2D eigenvalue weighted by atomic mass is 79.9. The van der Waals surface area contributed by atoms with Gasteiger partial charge in [0.2, 0.25) is 0 Å². The largest absolute Gasteiger partial charge is 0.307 e. The van der Waals surface area contributed by atoms with Gasteiger partial charge in [-0.05, 0) is 47.2 Å². The van der Waals surface area contributed by atoms with E-state index >= 15 is 0 Å². The number of aromatic nitrogens is 1. The fourth-order valence-corrected chi connectivity index (χ4v) is 3.57. The molecule has 2 unspecified atom stereocenters. The third kappa shape index (κ3) is 3.22. The first-order chi connectivity index (χ1) is 7.79. The molecule has 1 heterocycles. The smallest absolute Gasteiger partial charge is 0.106 e. The third-order valence-corrected chi connectivity index (χ3v) is 4.68. The van der Waals surface area contributed by atoms with Crippen molar-refractivity contribution < 1.29 is 0 Å². The van der Waals surface area contributed by atoms with Gasteiger partial charge in [-0.2, -0.15) is 11.8 Å². The highest BCUT2D eigenvalue weighted by Crippen LogP contribution is 2.28. The summed E-state index contributed by atoms with van der Waals surface area (Å²) in [6, 6.07) is 6.73. The van der Waals surface area contributed by atoms with Crippen molar-refractivity contribution in [2.24, 2.45) is 0 Å². The molecule has 0 spiro atoms. The monoisotopic (exact) mass is 300 g/mol. The molecule has 1 aromatic rings. The fourth-order valence-electron chi connectivity index (χ4n) is 2.23. The molecule has 0 aromatic carbocycles. The first-order valence-corrected chi connectivity index (χ1v) is 7.75. The van der Waals surface area contributed by atoms with Crippen LogP contribution >= 0.6 is 27.7 Å². The molecule has 1 aliphatic carbocycles. The Bertz CT molecular complexity index is 346. The maximum atomic E-state index is 4.43. The number of nitrogens with one attached hydrogen (secondary N) is 1. The molecule has 16 heavy (non-hydrogen) atoms. The second kappa shape index (κ2) is 6.03. The normalized spacial score (nSPS) is 24.9. The first-order valence-electron chi connectivity index (χ1n) is 5.67. The molecule has 1 saturated carbocycles. The average Bonchev–Trinajstić information content (AvgIpc) is 2.74. The first kappa shape index (κ1) is 12.4. The van der Waals surface area contributed by atoms with Gasteiger partial charge >= 0.3 is 0 Å². The lowest BCUT2D eigenvalue weighted by molar-refractivity contribution is 0.527. The van der Waals surface area contributed by atoms with Gasteiger partial charge < -0.3 is 5.32 Å². The lowest BCUT2D eigenvalue weighted by atomic mass is 10.2. The third-order valence-electron chi connectivity index (χ3n) is 3.07. The summed E-state index contributed by atoms with van der Waals surface area (Å²) < 4.78 is 0.916. The number of pyridine rings is 1. The molecule has 0 bridgehead atoms. The minimum absolute atomic E-state index is 0.663. The van der Waals surface area contributed by atoms with Crippen molar-refractivity contribution in [2.75, 3.05) is 6.26 Å². The van der Waals surface area contributed by atoms with Crippen LogP contribution in [0.4, 0.5) is 0 Å². The van der Waals surface area contributed by atoms with Crippen LogP contribution in [0.25, 0.3) is 0 Å². The topological polar surface area (TPSA) is 24.9 Å². The molecular formula is C12H17BrN2S.